The average molecular weight is 292 g/mol. The molecule has 2 rings (SSSR count). The van der Waals surface area contributed by atoms with Gasteiger partial charge in [-0.3, -0.25) is 10.1 Å². The number of nitro groups is 1. The van der Waals surface area contributed by atoms with Crippen LogP contribution < -0.4 is 4.74 Å². The van der Waals surface area contributed by atoms with Gasteiger partial charge in [0.05, 0.1) is 4.92 Å². The number of benzene rings is 2. The molecule has 0 fully saturated rings. The van der Waals surface area contributed by atoms with Gasteiger partial charge in [-0.15, -0.1) is 0 Å². The smallest absolute Gasteiger partial charge is 0.288 e. The van der Waals surface area contributed by atoms with Gasteiger partial charge in [0.25, 0.3) is 5.69 Å². The lowest BCUT2D eigenvalue weighted by molar-refractivity contribution is -0.384. The van der Waals surface area contributed by atoms with Crippen LogP contribution in [0.5, 0.6) is 5.75 Å². The molecule has 0 unspecified atom stereocenters. The van der Waals surface area contributed by atoms with Crippen LogP contribution in [0.15, 0.2) is 36.4 Å². The number of ether oxygens (including phenoxy) is 1. The first-order valence-electron chi connectivity index (χ1n) is 6.11. The van der Waals surface area contributed by atoms with E-state index >= 15 is 0 Å². The van der Waals surface area contributed by atoms with Gasteiger partial charge in [0.2, 0.25) is 0 Å². The summed E-state index contributed by atoms with van der Waals surface area (Å²) < 4.78 is 5.66. The molecule has 5 heteroatoms. The topological polar surface area (TPSA) is 52.4 Å². The van der Waals surface area contributed by atoms with Crippen molar-refractivity contribution in [1.29, 1.82) is 0 Å². The summed E-state index contributed by atoms with van der Waals surface area (Å²) >= 11 is 5.85. The van der Waals surface area contributed by atoms with Crippen molar-refractivity contribution < 1.29 is 9.66 Å². The minimum absolute atomic E-state index is 0.0778. The third kappa shape index (κ3) is 3.08. The molecule has 0 saturated heterocycles. The molecule has 0 amide bonds. The quantitative estimate of drug-likeness (QED) is 0.618. The monoisotopic (exact) mass is 291 g/mol. The molecule has 0 aliphatic rings. The van der Waals surface area contributed by atoms with Gasteiger partial charge in [0.15, 0.2) is 0 Å². The Bertz CT molecular complexity index is 635. The van der Waals surface area contributed by atoms with Crippen LogP contribution in [-0.2, 0) is 6.61 Å². The van der Waals surface area contributed by atoms with E-state index in [1.54, 1.807) is 6.07 Å². The zero-order valence-electron chi connectivity index (χ0n) is 11.2. The van der Waals surface area contributed by atoms with Crippen LogP contribution in [0.2, 0.25) is 5.02 Å². The molecule has 0 atom stereocenters. The molecule has 2 aromatic carbocycles. The highest BCUT2D eigenvalue weighted by Crippen LogP contribution is 2.29. The van der Waals surface area contributed by atoms with Crippen LogP contribution >= 0.6 is 11.6 Å². The summed E-state index contributed by atoms with van der Waals surface area (Å²) in [4.78, 5) is 10.2. The summed E-state index contributed by atoms with van der Waals surface area (Å²) in [7, 11) is 0. The highest BCUT2D eigenvalue weighted by Gasteiger charge is 2.13. The van der Waals surface area contributed by atoms with E-state index in [0.717, 1.165) is 16.7 Å². The molecule has 4 nitrogen and oxygen atoms in total. The van der Waals surface area contributed by atoms with E-state index in [0.29, 0.717) is 12.4 Å². The van der Waals surface area contributed by atoms with E-state index in [2.05, 4.69) is 0 Å². The first-order valence-corrected chi connectivity index (χ1v) is 6.48. The predicted molar refractivity (Wildman–Crippen MR) is 78.4 cm³/mol. The van der Waals surface area contributed by atoms with E-state index in [1.807, 2.05) is 32.0 Å². The van der Waals surface area contributed by atoms with Crippen molar-refractivity contribution in [3.05, 3.63) is 68.2 Å². The van der Waals surface area contributed by atoms with Crippen molar-refractivity contribution in [2.24, 2.45) is 0 Å². The zero-order chi connectivity index (χ0) is 14.7. The number of halogens is 1. The van der Waals surface area contributed by atoms with E-state index in [1.165, 1.54) is 12.1 Å². The van der Waals surface area contributed by atoms with Crippen LogP contribution in [-0.4, -0.2) is 4.92 Å². The molecular formula is C15H14ClNO3. The molecule has 0 aliphatic heterocycles. The predicted octanol–water partition coefficient (Wildman–Crippen LogP) is 4.44. The Morgan fingerprint density at radius 3 is 2.40 bits per heavy atom. The number of nitro benzene ring substituents is 1. The summed E-state index contributed by atoms with van der Waals surface area (Å²) in [6.07, 6.45) is 0. The van der Waals surface area contributed by atoms with E-state index in [-0.39, 0.29) is 10.7 Å². The standard InChI is InChI=1S/C15H14ClNO3/c1-10-4-3-5-11(2)13(10)9-20-12-6-7-15(17(18)19)14(16)8-12/h3-8H,9H2,1-2H3. The third-order valence-electron chi connectivity index (χ3n) is 3.14. The summed E-state index contributed by atoms with van der Waals surface area (Å²) in [5.41, 5.74) is 3.30. The Hall–Kier alpha value is -2.07. The highest BCUT2D eigenvalue weighted by molar-refractivity contribution is 6.32. The lowest BCUT2D eigenvalue weighted by Crippen LogP contribution is -2.00. The fourth-order valence-corrected chi connectivity index (χ4v) is 2.20. The van der Waals surface area contributed by atoms with Crippen LogP contribution in [0.1, 0.15) is 16.7 Å². The highest BCUT2D eigenvalue weighted by atomic mass is 35.5. The maximum absolute atomic E-state index is 10.7. The van der Waals surface area contributed by atoms with E-state index in [9.17, 15) is 10.1 Å². The molecule has 2 aromatic rings. The Labute approximate surface area is 122 Å². The average Bonchev–Trinajstić information content (AvgIpc) is 2.37. The minimum Gasteiger partial charge on any atom is -0.489 e. The Morgan fingerprint density at radius 2 is 1.85 bits per heavy atom. The molecule has 20 heavy (non-hydrogen) atoms. The Balaban J connectivity index is 2.16. The van der Waals surface area contributed by atoms with Crippen molar-refractivity contribution in [1.82, 2.24) is 0 Å². The molecule has 0 aromatic heterocycles. The van der Waals surface area contributed by atoms with E-state index in [4.69, 9.17) is 16.3 Å². The van der Waals surface area contributed by atoms with Gasteiger partial charge in [-0.1, -0.05) is 29.8 Å². The second-order valence-corrected chi connectivity index (χ2v) is 4.94. The lowest BCUT2D eigenvalue weighted by Gasteiger charge is -2.11. The lowest BCUT2D eigenvalue weighted by atomic mass is 10.0. The second kappa shape index (κ2) is 5.92. The number of aryl methyl sites for hydroxylation is 2. The van der Waals surface area contributed by atoms with Crippen LogP contribution in [0.4, 0.5) is 5.69 Å². The summed E-state index contributed by atoms with van der Waals surface area (Å²) in [6, 6.07) is 10.4. The van der Waals surface area contributed by atoms with Crippen molar-refractivity contribution in [3.8, 4) is 5.75 Å². The van der Waals surface area contributed by atoms with Gasteiger partial charge in [-0.2, -0.15) is 0 Å². The normalized spacial score (nSPS) is 10.3. The second-order valence-electron chi connectivity index (χ2n) is 4.53. The van der Waals surface area contributed by atoms with Gasteiger partial charge in [-0.25, -0.2) is 0 Å². The van der Waals surface area contributed by atoms with E-state index < -0.39 is 4.92 Å². The van der Waals surface area contributed by atoms with Crippen LogP contribution in [0.25, 0.3) is 0 Å². The van der Waals surface area contributed by atoms with Gasteiger partial charge in [0.1, 0.15) is 17.4 Å². The molecular weight excluding hydrogens is 278 g/mol. The van der Waals surface area contributed by atoms with Gasteiger partial charge in [0, 0.05) is 12.1 Å². The number of hydrogen-bond acceptors (Lipinski definition) is 3. The Kier molecular flexibility index (Phi) is 4.25. The molecule has 0 aliphatic carbocycles. The van der Waals surface area contributed by atoms with Crippen molar-refractivity contribution in [2.75, 3.05) is 0 Å². The number of rotatable bonds is 4. The molecule has 0 radical (unpaired) electrons. The van der Waals surface area contributed by atoms with Crippen molar-refractivity contribution in [3.63, 3.8) is 0 Å². The number of hydrogen-bond donors (Lipinski definition) is 0. The molecule has 0 saturated carbocycles. The third-order valence-corrected chi connectivity index (χ3v) is 3.45. The summed E-state index contributed by atoms with van der Waals surface area (Å²) in [5, 5.41) is 10.8. The maximum Gasteiger partial charge on any atom is 0.288 e. The van der Waals surface area contributed by atoms with Crippen LogP contribution in [0, 0.1) is 24.0 Å². The minimum atomic E-state index is -0.516. The molecule has 0 heterocycles. The van der Waals surface area contributed by atoms with Gasteiger partial charge < -0.3 is 4.74 Å². The van der Waals surface area contributed by atoms with Crippen molar-refractivity contribution in [2.45, 2.75) is 20.5 Å². The van der Waals surface area contributed by atoms with Crippen molar-refractivity contribution >= 4 is 17.3 Å². The summed E-state index contributed by atoms with van der Waals surface area (Å²) in [6.45, 7) is 4.45. The summed E-state index contributed by atoms with van der Waals surface area (Å²) in [5.74, 6) is 0.517. The molecule has 0 N–H and O–H groups in total. The van der Waals surface area contributed by atoms with Crippen LogP contribution in [0.3, 0.4) is 0 Å². The first-order chi connectivity index (χ1) is 9.49. The molecule has 104 valence electrons. The first kappa shape index (κ1) is 14.3. The van der Waals surface area contributed by atoms with Gasteiger partial charge >= 0.3 is 0 Å². The largest absolute Gasteiger partial charge is 0.489 e. The molecule has 0 spiro atoms. The molecule has 0 bridgehead atoms. The number of nitrogens with zero attached hydrogens (tertiary/aromatic N) is 1. The fraction of sp³-hybridized carbons (Fsp3) is 0.200. The fourth-order valence-electron chi connectivity index (χ4n) is 1.96. The SMILES string of the molecule is Cc1cccc(C)c1COc1ccc([N+](=O)[O-])c(Cl)c1. The maximum atomic E-state index is 10.7. The zero-order valence-corrected chi connectivity index (χ0v) is 12.0. The Morgan fingerprint density at radius 1 is 1.20 bits per heavy atom. The van der Waals surface area contributed by atoms with Gasteiger partial charge in [-0.05, 0) is 36.6 Å².